The standard InChI is InChI=1S/C15H23FN2O/c1-3-14-10-19-7-6-18(14)15-5-4-13(16)9-12(15)8-11(2)17/h4-5,9,11,14H,3,6-8,10,17H2,1-2H3. The molecule has 0 amide bonds. The lowest BCUT2D eigenvalue weighted by Gasteiger charge is -2.38. The minimum Gasteiger partial charge on any atom is -0.377 e. The molecule has 1 aromatic carbocycles. The van der Waals surface area contributed by atoms with Crippen LogP contribution < -0.4 is 10.6 Å². The number of benzene rings is 1. The summed E-state index contributed by atoms with van der Waals surface area (Å²) in [7, 11) is 0. The summed E-state index contributed by atoms with van der Waals surface area (Å²) in [5.41, 5.74) is 7.98. The van der Waals surface area contributed by atoms with Crippen molar-refractivity contribution in [3.8, 4) is 0 Å². The third kappa shape index (κ3) is 3.45. The molecule has 0 bridgehead atoms. The zero-order valence-electron chi connectivity index (χ0n) is 11.7. The van der Waals surface area contributed by atoms with Gasteiger partial charge in [-0.3, -0.25) is 0 Å². The van der Waals surface area contributed by atoms with Crippen LogP contribution in [-0.2, 0) is 11.2 Å². The minimum atomic E-state index is -0.194. The van der Waals surface area contributed by atoms with Crippen LogP contribution in [-0.4, -0.2) is 31.8 Å². The Labute approximate surface area is 114 Å². The van der Waals surface area contributed by atoms with Gasteiger partial charge in [0, 0.05) is 18.3 Å². The van der Waals surface area contributed by atoms with Crippen molar-refractivity contribution in [3.05, 3.63) is 29.6 Å². The Morgan fingerprint density at radius 2 is 2.32 bits per heavy atom. The highest BCUT2D eigenvalue weighted by atomic mass is 19.1. The molecule has 4 heteroatoms. The van der Waals surface area contributed by atoms with E-state index >= 15 is 0 Å². The summed E-state index contributed by atoms with van der Waals surface area (Å²) >= 11 is 0. The molecule has 1 saturated heterocycles. The molecule has 2 atom stereocenters. The van der Waals surface area contributed by atoms with Crippen molar-refractivity contribution in [2.24, 2.45) is 5.73 Å². The van der Waals surface area contributed by atoms with Gasteiger partial charge in [-0.1, -0.05) is 6.92 Å². The molecule has 3 nitrogen and oxygen atoms in total. The molecule has 2 rings (SSSR count). The first kappa shape index (κ1) is 14.3. The van der Waals surface area contributed by atoms with Gasteiger partial charge in [0.15, 0.2) is 0 Å². The lowest BCUT2D eigenvalue weighted by molar-refractivity contribution is 0.0929. The number of rotatable bonds is 4. The molecule has 0 saturated carbocycles. The SMILES string of the molecule is CCC1COCCN1c1ccc(F)cc1CC(C)N. The highest BCUT2D eigenvalue weighted by Gasteiger charge is 2.23. The van der Waals surface area contributed by atoms with Crippen molar-refractivity contribution in [2.75, 3.05) is 24.7 Å². The Bertz CT molecular complexity index is 423. The maximum atomic E-state index is 13.5. The Hall–Kier alpha value is -1.13. The number of morpholine rings is 1. The fourth-order valence-corrected chi connectivity index (χ4v) is 2.65. The van der Waals surface area contributed by atoms with E-state index in [-0.39, 0.29) is 11.9 Å². The van der Waals surface area contributed by atoms with Crippen molar-refractivity contribution in [2.45, 2.75) is 38.8 Å². The predicted octanol–water partition coefficient (Wildman–Crippen LogP) is 2.33. The quantitative estimate of drug-likeness (QED) is 0.909. The Morgan fingerprint density at radius 3 is 3.00 bits per heavy atom. The molecular weight excluding hydrogens is 243 g/mol. The summed E-state index contributed by atoms with van der Waals surface area (Å²) < 4.78 is 19.0. The molecule has 19 heavy (non-hydrogen) atoms. The average molecular weight is 266 g/mol. The van der Waals surface area contributed by atoms with E-state index in [4.69, 9.17) is 10.5 Å². The van der Waals surface area contributed by atoms with Crippen LogP contribution in [0, 0.1) is 5.82 Å². The van der Waals surface area contributed by atoms with Crippen LogP contribution in [0.2, 0.25) is 0 Å². The molecule has 106 valence electrons. The second kappa shape index (κ2) is 6.35. The zero-order chi connectivity index (χ0) is 13.8. The van der Waals surface area contributed by atoms with Gasteiger partial charge in [0.05, 0.1) is 19.3 Å². The second-order valence-corrected chi connectivity index (χ2v) is 5.28. The highest BCUT2D eigenvalue weighted by molar-refractivity contribution is 5.55. The van der Waals surface area contributed by atoms with Crippen LogP contribution >= 0.6 is 0 Å². The number of halogens is 1. The van der Waals surface area contributed by atoms with Gasteiger partial charge in [0.1, 0.15) is 5.82 Å². The average Bonchev–Trinajstić information content (AvgIpc) is 2.38. The van der Waals surface area contributed by atoms with Gasteiger partial charge < -0.3 is 15.4 Å². The number of ether oxygens (including phenoxy) is 1. The first-order valence-corrected chi connectivity index (χ1v) is 7.00. The van der Waals surface area contributed by atoms with Crippen molar-refractivity contribution < 1.29 is 9.13 Å². The summed E-state index contributed by atoms with van der Waals surface area (Å²) in [4.78, 5) is 2.33. The summed E-state index contributed by atoms with van der Waals surface area (Å²) in [6.45, 7) is 6.43. The van der Waals surface area contributed by atoms with Gasteiger partial charge in [-0.05, 0) is 43.5 Å². The van der Waals surface area contributed by atoms with E-state index in [1.807, 2.05) is 13.0 Å². The van der Waals surface area contributed by atoms with E-state index in [1.54, 1.807) is 6.07 Å². The molecule has 0 spiro atoms. The fourth-order valence-electron chi connectivity index (χ4n) is 2.65. The van der Waals surface area contributed by atoms with Gasteiger partial charge >= 0.3 is 0 Å². The summed E-state index contributed by atoms with van der Waals surface area (Å²) in [5, 5.41) is 0. The predicted molar refractivity (Wildman–Crippen MR) is 76.0 cm³/mol. The molecule has 1 fully saturated rings. The van der Waals surface area contributed by atoms with Crippen LogP contribution in [0.15, 0.2) is 18.2 Å². The van der Waals surface area contributed by atoms with E-state index in [0.29, 0.717) is 12.5 Å². The molecule has 0 aliphatic carbocycles. The van der Waals surface area contributed by atoms with Gasteiger partial charge in [-0.25, -0.2) is 4.39 Å². The van der Waals surface area contributed by atoms with E-state index in [9.17, 15) is 4.39 Å². The second-order valence-electron chi connectivity index (χ2n) is 5.28. The number of hydrogen-bond donors (Lipinski definition) is 1. The van der Waals surface area contributed by atoms with Gasteiger partial charge in [-0.2, -0.15) is 0 Å². The van der Waals surface area contributed by atoms with Crippen LogP contribution in [0.25, 0.3) is 0 Å². The molecule has 1 aromatic rings. The molecule has 1 aliphatic heterocycles. The Kier molecular flexibility index (Phi) is 4.77. The van der Waals surface area contributed by atoms with E-state index in [1.165, 1.54) is 6.07 Å². The normalized spacial score (nSPS) is 21.5. The van der Waals surface area contributed by atoms with Crippen LogP contribution in [0.3, 0.4) is 0 Å². The molecule has 2 N–H and O–H groups in total. The Balaban J connectivity index is 2.31. The van der Waals surface area contributed by atoms with E-state index in [0.717, 1.165) is 37.4 Å². The first-order chi connectivity index (χ1) is 9.11. The summed E-state index contributed by atoms with van der Waals surface area (Å²) in [6, 6.07) is 5.41. The monoisotopic (exact) mass is 266 g/mol. The van der Waals surface area contributed by atoms with Crippen molar-refractivity contribution in [3.63, 3.8) is 0 Å². The molecule has 2 unspecified atom stereocenters. The summed E-state index contributed by atoms with van der Waals surface area (Å²) in [6.07, 6.45) is 1.72. The maximum Gasteiger partial charge on any atom is 0.123 e. The largest absolute Gasteiger partial charge is 0.377 e. The van der Waals surface area contributed by atoms with Crippen LogP contribution in [0.1, 0.15) is 25.8 Å². The van der Waals surface area contributed by atoms with E-state index in [2.05, 4.69) is 11.8 Å². The molecule has 1 heterocycles. The molecule has 1 aliphatic rings. The Morgan fingerprint density at radius 1 is 1.53 bits per heavy atom. The molecule has 0 aromatic heterocycles. The lowest BCUT2D eigenvalue weighted by atomic mass is 10.0. The first-order valence-electron chi connectivity index (χ1n) is 7.00. The van der Waals surface area contributed by atoms with Crippen molar-refractivity contribution >= 4 is 5.69 Å². The van der Waals surface area contributed by atoms with Gasteiger partial charge in [0.25, 0.3) is 0 Å². The highest BCUT2D eigenvalue weighted by Crippen LogP contribution is 2.27. The van der Waals surface area contributed by atoms with Gasteiger partial charge in [-0.15, -0.1) is 0 Å². The minimum absolute atomic E-state index is 0.0293. The summed E-state index contributed by atoms with van der Waals surface area (Å²) in [5.74, 6) is -0.194. The number of nitrogens with two attached hydrogens (primary N) is 1. The topological polar surface area (TPSA) is 38.5 Å². The van der Waals surface area contributed by atoms with Crippen molar-refractivity contribution in [1.29, 1.82) is 0 Å². The fraction of sp³-hybridized carbons (Fsp3) is 0.600. The zero-order valence-corrected chi connectivity index (χ0v) is 11.7. The van der Waals surface area contributed by atoms with Gasteiger partial charge in [0.2, 0.25) is 0 Å². The number of nitrogens with zero attached hydrogens (tertiary/aromatic N) is 1. The lowest BCUT2D eigenvalue weighted by Crippen LogP contribution is -2.45. The third-order valence-corrected chi connectivity index (χ3v) is 3.59. The third-order valence-electron chi connectivity index (χ3n) is 3.59. The molecular formula is C15H23FN2O. The van der Waals surface area contributed by atoms with Crippen LogP contribution in [0.5, 0.6) is 0 Å². The number of anilines is 1. The molecule has 0 radical (unpaired) electrons. The number of hydrogen-bond acceptors (Lipinski definition) is 3. The van der Waals surface area contributed by atoms with Crippen molar-refractivity contribution in [1.82, 2.24) is 0 Å². The maximum absolute atomic E-state index is 13.5. The van der Waals surface area contributed by atoms with Crippen LogP contribution in [0.4, 0.5) is 10.1 Å². The smallest absolute Gasteiger partial charge is 0.123 e. The van der Waals surface area contributed by atoms with E-state index < -0.39 is 0 Å².